The van der Waals surface area contributed by atoms with Gasteiger partial charge in [0.25, 0.3) is 0 Å². The van der Waals surface area contributed by atoms with E-state index in [0.29, 0.717) is 17.4 Å². The van der Waals surface area contributed by atoms with Crippen molar-refractivity contribution in [1.82, 2.24) is 4.90 Å². The van der Waals surface area contributed by atoms with Crippen molar-refractivity contribution in [2.24, 2.45) is 17.6 Å². The Labute approximate surface area is 116 Å². The number of likely N-dealkylation sites (tertiary alicyclic amines) is 1. The lowest BCUT2D eigenvalue weighted by Crippen LogP contribution is -2.33. The zero-order valence-electron chi connectivity index (χ0n) is 11.3. The van der Waals surface area contributed by atoms with Gasteiger partial charge in [-0.3, -0.25) is 4.90 Å². The summed E-state index contributed by atoms with van der Waals surface area (Å²) < 4.78 is 39.8. The summed E-state index contributed by atoms with van der Waals surface area (Å²) in [6.45, 7) is 2.13. The molecular formula is C15H19F3N2. The van der Waals surface area contributed by atoms with Crippen molar-refractivity contribution in [3.8, 4) is 0 Å². The van der Waals surface area contributed by atoms with Crippen molar-refractivity contribution in [3.05, 3.63) is 35.1 Å². The van der Waals surface area contributed by atoms with Gasteiger partial charge in [-0.1, -0.05) is 6.42 Å². The van der Waals surface area contributed by atoms with E-state index >= 15 is 0 Å². The smallest absolute Gasteiger partial charge is 0.194 e. The summed E-state index contributed by atoms with van der Waals surface area (Å²) in [5.74, 6) is -2.34. The van der Waals surface area contributed by atoms with Gasteiger partial charge in [0.15, 0.2) is 17.5 Å². The number of hydrogen-bond donors (Lipinski definition) is 1. The Hall–Kier alpha value is -1.07. The molecule has 2 N–H and O–H groups in total. The Morgan fingerprint density at radius 1 is 1.10 bits per heavy atom. The summed E-state index contributed by atoms with van der Waals surface area (Å²) in [5, 5.41) is 0. The number of nitrogens with two attached hydrogens (primary N) is 1. The zero-order valence-corrected chi connectivity index (χ0v) is 11.3. The normalized spacial score (nSPS) is 27.8. The highest BCUT2D eigenvalue weighted by Crippen LogP contribution is 2.40. The summed E-state index contributed by atoms with van der Waals surface area (Å²) in [4.78, 5) is 2.20. The van der Waals surface area contributed by atoms with E-state index in [1.165, 1.54) is 19.3 Å². The van der Waals surface area contributed by atoms with Crippen LogP contribution < -0.4 is 5.73 Å². The van der Waals surface area contributed by atoms with E-state index in [-0.39, 0.29) is 12.6 Å². The van der Waals surface area contributed by atoms with Crippen LogP contribution in [0.15, 0.2) is 12.1 Å². The lowest BCUT2D eigenvalue weighted by atomic mass is 10.0. The molecule has 3 unspecified atom stereocenters. The third-order valence-electron chi connectivity index (χ3n) is 4.81. The molecule has 1 saturated heterocycles. The second kappa shape index (κ2) is 5.37. The van der Waals surface area contributed by atoms with Gasteiger partial charge in [-0.15, -0.1) is 0 Å². The van der Waals surface area contributed by atoms with E-state index in [9.17, 15) is 13.2 Å². The Balaban J connectivity index is 1.83. The van der Waals surface area contributed by atoms with Gasteiger partial charge in [-0.25, -0.2) is 13.2 Å². The van der Waals surface area contributed by atoms with Gasteiger partial charge in [0.1, 0.15) is 0 Å². The summed E-state index contributed by atoms with van der Waals surface area (Å²) in [6, 6.07) is 1.92. The predicted molar refractivity (Wildman–Crippen MR) is 70.5 cm³/mol. The average Bonchev–Trinajstić information content (AvgIpc) is 2.98. The lowest BCUT2D eigenvalue weighted by molar-refractivity contribution is 0.230. The van der Waals surface area contributed by atoms with Crippen molar-refractivity contribution in [1.29, 1.82) is 0 Å². The molecule has 2 fully saturated rings. The van der Waals surface area contributed by atoms with Crippen LogP contribution in [-0.2, 0) is 0 Å². The third-order valence-corrected chi connectivity index (χ3v) is 4.81. The standard InChI is InChI=1S/C15H19F3N2/c16-12-4-11(5-13(17)15(12)18)14(6-19)20-7-9-2-1-3-10(9)8-20/h4-5,9-10,14H,1-3,6-8,19H2. The zero-order chi connectivity index (χ0) is 14.3. The van der Waals surface area contributed by atoms with E-state index < -0.39 is 17.5 Å². The second-order valence-electron chi connectivity index (χ2n) is 5.95. The SMILES string of the molecule is NCC(c1cc(F)c(F)c(F)c1)N1CC2CCCC2C1. The minimum Gasteiger partial charge on any atom is -0.329 e. The fourth-order valence-corrected chi connectivity index (χ4v) is 3.79. The molecule has 1 aromatic rings. The summed E-state index contributed by atoms with van der Waals surface area (Å²) in [6.07, 6.45) is 3.73. The molecule has 0 spiro atoms. The molecule has 20 heavy (non-hydrogen) atoms. The van der Waals surface area contributed by atoms with Crippen LogP contribution in [0.1, 0.15) is 30.9 Å². The van der Waals surface area contributed by atoms with Gasteiger partial charge in [-0.05, 0) is 42.4 Å². The first-order valence-corrected chi connectivity index (χ1v) is 7.18. The van der Waals surface area contributed by atoms with Crippen LogP contribution in [0.5, 0.6) is 0 Å². The monoisotopic (exact) mass is 284 g/mol. The molecule has 0 bridgehead atoms. The van der Waals surface area contributed by atoms with Crippen molar-refractivity contribution >= 4 is 0 Å². The van der Waals surface area contributed by atoms with Crippen molar-refractivity contribution in [2.75, 3.05) is 19.6 Å². The molecule has 0 radical (unpaired) electrons. The van der Waals surface area contributed by atoms with Crippen LogP contribution in [0, 0.1) is 29.3 Å². The van der Waals surface area contributed by atoms with Crippen molar-refractivity contribution in [2.45, 2.75) is 25.3 Å². The molecular weight excluding hydrogens is 265 g/mol. The largest absolute Gasteiger partial charge is 0.329 e. The highest BCUT2D eigenvalue weighted by atomic mass is 19.2. The number of halogens is 3. The van der Waals surface area contributed by atoms with Crippen molar-refractivity contribution < 1.29 is 13.2 Å². The maximum atomic E-state index is 13.4. The van der Waals surface area contributed by atoms with Crippen LogP contribution in [0.3, 0.4) is 0 Å². The van der Waals surface area contributed by atoms with Crippen molar-refractivity contribution in [3.63, 3.8) is 0 Å². The number of rotatable bonds is 3. The minimum atomic E-state index is -1.41. The third kappa shape index (κ3) is 2.33. The quantitative estimate of drug-likeness (QED) is 0.865. The van der Waals surface area contributed by atoms with Crippen LogP contribution >= 0.6 is 0 Å². The van der Waals surface area contributed by atoms with E-state index in [1.54, 1.807) is 0 Å². The second-order valence-corrected chi connectivity index (χ2v) is 5.95. The van der Waals surface area contributed by atoms with E-state index in [2.05, 4.69) is 4.90 Å². The van der Waals surface area contributed by atoms with Crippen LogP contribution in [0.4, 0.5) is 13.2 Å². The van der Waals surface area contributed by atoms with E-state index in [0.717, 1.165) is 25.2 Å². The topological polar surface area (TPSA) is 29.3 Å². The van der Waals surface area contributed by atoms with Crippen LogP contribution in [0.2, 0.25) is 0 Å². The minimum absolute atomic E-state index is 0.231. The molecule has 110 valence electrons. The highest BCUT2D eigenvalue weighted by molar-refractivity contribution is 5.23. The summed E-state index contributed by atoms with van der Waals surface area (Å²) >= 11 is 0. The van der Waals surface area contributed by atoms with Crippen LogP contribution in [-0.4, -0.2) is 24.5 Å². The Bertz CT molecular complexity index is 471. The van der Waals surface area contributed by atoms with Gasteiger partial charge in [0.05, 0.1) is 0 Å². The molecule has 0 aromatic heterocycles. The van der Waals surface area contributed by atoms with Gasteiger partial charge in [0.2, 0.25) is 0 Å². The first-order chi connectivity index (χ1) is 9.60. The fourth-order valence-electron chi connectivity index (χ4n) is 3.79. The summed E-state index contributed by atoms with van der Waals surface area (Å²) in [5.41, 5.74) is 6.23. The molecule has 1 saturated carbocycles. The van der Waals surface area contributed by atoms with E-state index in [1.807, 2.05) is 0 Å². The van der Waals surface area contributed by atoms with Gasteiger partial charge in [-0.2, -0.15) is 0 Å². The Morgan fingerprint density at radius 2 is 1.65 bits per heavy atom. The molecule has 5 heteroatoms. The first-order valence-electron chi connectivity index (χ1n) is 7.18. The van der Waals surface area contributed by atoms with Gasteiger partial charge < -0.3 is 5.73 Å². The van der Waals surface area contributed by atoms with Gasteiger partial charge >= 0.3 is 0 Å². The lowest BCUT2D eigenvalue weighted by Gasteiger charge is -2.28. The predicted octanol–water partition coefficient (Wildman–Crippen LogP) is 2.84. The average molecular weight is 284 g/mol. The fraction of sp³-hybridized carbons (Fsp3) is 0.600. The Kier molecular flexibility index (Phi) is 3.73. The van der Waals surface area contributed by atoms with Crippen LogP contribution in [0.25, 0.3) is 0 Å². The van der Waals surface area contributed by atoms with Gasteiger partial charge in [0, 0.05) is 25.7 Å². The molecule has 1 aliphatic heterocycles. The number of hydrogen-bond acceptors (Lipinski definition) is 2. The molecule has 3 rings (SSSR count). The Morgan fingerprint density at radius 3 is 2.15 bits per heavy atom. The summed E-state index contributed by atoms with van der Waals surface area (Å²) in [7, 11) is 0. The first kappa shape index (κ1) is 13.9. The van der Waals surface area contributed by atoms with E-state index in [4.69, 9.17) is 5.73 Å². The molecule has 2 aliphatic rings. The molecule has 0 amide bonds. The highest BCUT2D eigenvalue weighted by Gasteiger charge is 2.38. The maximum absolute atomic E-state index is 13.4. The molecule has 2 nitrogen and oxygen atoms in total. The molecule has 1 heterocycles. The number of nitrogens with zero attached hydrogens (tertiary/aromatic N) is 1. The maximum Gasteiger partial charge on any atom is 0.194 e. The molecule has 3 atom stereocenters. The number of fused-ring (bicyclic) bond motifs is 1. The molecule has 1 aromatic carbocycles. The molecule has 1 aliphatic carbocycles. The number of benzene rings is 1.